The van der Waals surface area contributed by atoms with Crippen molar-refractivity contribution < 1.29 is 9.90 Å². The summed E-state index contributed by atoms with van der Waals surface area (Å²) in [4.78, 5) is 16.6. The van der Waals surface area contributed by atoms with E-state index < -0.39 is 5.91 Å². The Balaban J connectivity index is 1.46. The van der Waals surface area contributed by atoms with Crippen LogP contribution in [0.25, 0.3) is 5.57 Å². The Kier molecular flexibility index (Phi) is 4.03. The van der Waals surface area contributed by atoms with Crippen molar-refractivity contribution in [3.63, 3.8) is 0 Å². The highest BCUT2D eigenvalue weighted by atomic mass is 16.3. The third kappa shape index (κ3) is 3.10. The zero-order valence-electron chi connectivity index (χ0n) is 14.8. The molecule has 9 nitrogen and oxygen atoms in total. The molecular formula is C18H17N7O2. The molecule has 136 valence electrons. The molecule has 0 radical (unpaired) electrons. The monoisotopic (exact) mass is 363 g/mol. The van der Waals surface area contributed by atoms with Crippen molar-refractivity contribution in [2.75, 3.05) is 6.54 Å². The minimum Gasteiger partial charge on any atom is -0.504 e. The molecule has 3 aliphatic rings. The highest BCUT2D eigenvalue weighted by Gasteiger charge is 2.29. The summed E-state index contributed by atoms with van der Waals surface area (Å²) in [6.45, 7) is 3.55. The molecule has 0 saturated carbocycles. The van der Waals surface area contributed by atoms with Crippen LogP contribution in [0.4, 0.5) is 5.69 Å². The molecule has 1 aromatic carbocycles. The molecule has 3 aliphatic heterocycles. The normalized spacial score (nSPS) is 19.4. The summed E-state index contributed by atoms with van der Waals surface area (Å²) < 4.78 is 0. The van der Waals surface area contributed by atoms with Gasteiger partial charge in [-0.05, 0) is 19.9 Å². The third-order valence-corrected chi connectivity index (χ3v) is 4.17. The van der Waals surface area contributed by atoms with E-state index in [4.69, 9.17) is 0 Å². The van der Waals surface area contributed by atoms with Gasteiger partial charge in [0.25, 0.3) is 5.91 Å². The number of benzene rings is 1. The first-order valence-corrected chi connectivity index (χ1v) is 8.31. The van der Waals surface area contributed by atoms with Crippen molar-refractivity contribution in [1.82, 2.24) is 15.4 Å². The Morgan fingerprint density at radius 3 is 3.00 bits per heavy atom. The lowest BCUT2D eigenvalue weighted by atomic mass is 10.1. The molecule has 9 heteroatoms. The molecule has 0 bridgehead atoms. The molecule has 3 heterocycles. The molecule has 0 aliphatic carbocycles. The number of aliphatic imine (C=N–C) groups is 1. The molecule has 0 saturated heterocycles. The topological polar surface area (TPSA) is 105 Å². The molecule has 0 fully saturated rings. The number of hydrogen-bond acceptors (Lipinski definition) is 8. The van der Waals surface area contributed by atoms with Gasteiger partial charge >= 0.3 is 0 Å². The summed E-state index contributed by atoms with van der Waals surface area (Å²) in [6.07, 6.45) is 4.57. The zero-order chi connectivity index (χ0) is 19.0. The highest BCUT2D eigenvalue weighted by molar-refractivity contribution is 6.27. The number of aliphatic hydroxyl groups excluding tert-OH is 1. The van der Waals surface area contributed by atoms with Crippen LogP contribution in [0, 0.1) is 0 Å². The van der Waals surface area contributed by atoms with Crippen molar-refractivity contribution in [3.8, 4) is 0 Å². The van der Waals surface area contributed by atoms with Crippen molar-refractivity contribution >= 4 is 29.2 Å². The molecule has 1 amide bonds. The molecule has 0 unspecified atom stereocenters. The lowest BCUT2D eigenvalue weighted by molar-refractivity contribution is -0.119. The van der Waals surface area contributed by atoms with Gasteiger partial charge in [-0.25, -0.2) is 10.0 Å². The number of rotatable bonds is 3. The number of hydrazine groups is 1. The van der Waals surface area contributed by atoms with Crippen LogP contribution in [-0.2, 0) is 4.79 Å². The van der Waals surface area contributed by atoms with Crippen LogP contribution in [0.1, 0.15) is 19.4 Å². The molecule has 0 atom stereocenters. The van der Waals surface area contributed by atoms with Crippen LogP contribution in [0.2, 0.25) is 0 Å². The van der Waals surface area contributed by atoms with Crippen LogP contribution >= 0.6 is 0 Å². The SMILES string of the molecule is CC1=CC(O)=C2N(CC(=O)N=N/C=C3/C(C)=Nc4ccccc43)N=CN2N1. The third-order valence-electron chi connectivity index (χ3n) is 4.17. The maximum absolute atomic E-state index is 12.2. The fraction of sp³-hybridized carbons (Fsp3) is 0.167. The first-order chi connectivity index (χ1) is 13.0. The van der Waals surface area contributed by atoms with Crippen LogP contribution in [0.3, 0.4) is 0 Å². The van der Waals surface area contributed by atoms with E-state index in [-0.39, 0.29) is 12.3 Å². The lowest BCUT2D eigenvalue weighted by Gasteiger charge is -2.26. The standard InChI is InChI=1S/C18H17N7O2/c1-11-7-16(26)18-24(20-10-25(18)23-11)9-17(27)22-19-8-14-12(2)21-15-6-4-3-5-13(14)15/h3-8,10,23,26H,9H2,1-2H3/b14-8-,22-19?. The van der Waals surface area contributed by atoms with Gasteiger partial charge in [-0.2, -0.15) is 10.2 Å². The summed E-state index contributed by atoms with van der Waals surface area (Å²) in [6, 6.07) is 7.72. The number of carbonyl (C=O) groups is 1. The van der Waals surface area contributed by atoms with Gasteiger partial charge < -0.3 is 5.11 Å². The quantitative estimate of drug-likeness (QED) is 0.804. The Labute approximate surface area is 155 Å². The number of para-hydroxylation sites is 1. The van der Waals surface area contributed by atoms with Gasteiger partial charge in [0.15, 0.2) is 11.6 Å². The summed E-state index contributed by atoms with van der Waals surface area (Å²) in [7, 11) is 0. The molecule has 27 heavy (non-hydrogen) atoms. The Bertz CT molecular complexity index is 1000. The Morgan fingerprint density at radius 1 is 1.33 bits per heavy atom. The summed E-state index contributed by atoms with van der Waals surface area (Å²) in [5.74, 6) is -0.0986. The number of aliphatic hydroxyl groups is 1. The number of nitrogens with zero attached hydrogens (tertiary/aromatic N) is 6. The second kappa shape index (κ2) is 6.52. The molecule has 0 spiro atoms. The second-order valence-corrected chi connectivity index (χ2v) is 6.17. The first kappa shape index (κ1) is 16.7. The Morgan fingerprint density at radius 2 is 2.15 bits per heavy atom. The van der Waals surface area contributed by atoms with Crippen molar-refractivity contribution in [2.24, 2.45) is 20.3 Å². The summed E-state index contributed by atoms with van der Waals surface area (Å²) in [5.41, 5.74) is 7.27. The van der Waals surface area contributed by atoms with Crippen molar-refractivity contribution in [2.45, 2.75) is 13.8 Å². The van der Waals surface area contributed by atoms with Crippen molar-refractivity contribution in [3.05, 3.63) is 59.4 Å². The van der Waals surface area contributed by atoms with E-state index in [0.29, 0.717) is 5.82 Å². The minimum absolute atomic E-state index is 0.0185. The maximum atomic E-state index is 12.2. The largest absolute Gasteiger partial charge is 0.504 e. The van der Waals surface area contributed by atoms with E-state index in [1.54, 1.807) is 6.08 Å². The number of azo groups is 1. The lowest BCUT2D eigenvalue weighted by Crippen LogP contribution is -2.39. The van der Waals surface area contributed by atoms with E-state index in [1.165, 1.54) is 22.6 Å². The second-order valence-electron chi connectivity index (χ2n) is 6.17. The van der Waals surface area contributed by atoms with E-state index in [1.807, 2.05) is 38.1 Å². The number of nitrogens with one attached hydrogen (secondary N) is 1. The predicted molar refractivity (Wildman–Crippen MR) is 101 cm³/mol. The van der Waals surface area contributed by atoms with Gasteiger partial charge in [0.2, 0.25) is 0 Å². The van der Waals surface area contributed by atoms with Gasteiger partial charge in [-0.3, -0.25) is 15.2 Å². The predicted octanol–water partition coefficient (Wildman–Crippen LogP) is 2.82. The van der Waals surface area contributed by atoms with Crippen LogP contribution < -0.4 is 5.43 Å². The first-order valence-electron chi connectivity index (χ1n) is 8.31. The van der Waals surface area contributed by atoms with Crippen LogP contribution in [-0.4, -0.2) is 39.6 Å². The number of carbonyl (C=O) groups excluding carboxylic acids is 1. The number of hydrazone groups is 1. The molecule has 0 aromatic heterocycles. The van der Waals surface area contributed by atoms with Gasteiger partial charge in [0.1, 0.15) is 12.9 Å². The van der Waals surface area contributed by atoms with E-state index >= 15 is 0 Å². The highest BCUT2D eigenvalue weighted by Crippen LogP contribution is 2.34. The zero-order valence-corrected chi connectivity index (χ0v) is 14.8. The van der Waals surface area contributed by atoms with Crippen LogP contribution in [0.5, 0.6) is 0 Å². The summed E-state index contributed by atoms with van der Waals surface area (Å²) >= 11 is 0. The van der Waals surface area contributed by atoms with Gasteiger partial charge in [-0.15, -0.1) is 5.11 Å². The fourth-order valence-corrected chi connectivity index (χ4v) is 3.00. The van der Waals surface area contributed by atoms with E-state index in [2.05, 4.69) is 25.7 Å². The minimum atomic E-state index is -0.488. The molecule has 2 N–H and O–H groups in total. The molecule has 1 aromatic rings. The number of hydrogen-bond donors (Lipinski definition) is 2. The average molecular weight is 363 g/mol. The van der Waals surface area contributed by atoms with Crippen molar-refractivity contribution in [1.29, 1.82) is 0 Å². The van der Waals surface area contributed by atoms with E-state index in [0.717, 1.165) is 28.2 Å². The smallest absolute Gasteiger partial charge is 0.286 e. The number of fused-ring (bicyclic) bond motifs is 2. The molecular weight excluding hydrogens is 346 g/mol. The summed E-state index contributed by atoms with van der Waals surface area (Å²) in [5, 5.41) is 24.7. The van der Waals surface area contributed by atoms with Gasteiger partial charge in [0.05, 0.1) is 11.9 Å². The number of allylic oxidation sites excluding steroid dienone is 3. The van der Waals surface area contributed by atoms with Gasteiger partial charge in [0, 0.05) is 28.6 Å². The fourth-order valence-electron chi connectivity index (χ4n) is 3.00. The van der Waals surface area contributed by atoms with Crippen LogP contribution in [0.15, 0.2) is 74.1 Å². The van der Waals surface area contributed by atoms with E-state index in [9.17, 15) is 9.90 Å². The average Bonchev–Trinajstić information content (AvgIpc) is 3.16. The van der Waals surface area contributed by atoms with Gasteiger partial charge in [-0.1, -0.05) is 18.2 Å². The maximum Gasteiger partial charge on any atom is 0.286 e. The molecule has 4 rings (SSSR count). The number of amides is 1. The Hall–Kier alpha value is -3.75.